The molecule has 2 aromatic rings. The number of aryl methyl sites for hydroxylation is 1. The van der Waals surface area contributed by atoms with Gasteiger partial charge in [0.1, 0.15) is 0 Å². The Balaban J connectivity index is 1.85. The van der Waals surface area contributed by atoms with Gasteiger partial charge < -0.3 is 25.6 Å². The Morgan fingerprint density at radius 2 is 1.82 bits per heavy atom. The maximum absolute atomic E-state index is 12.8. The predicted molar refractivity (Wildman–Crippen MR) is 135 cm³/mol. The smallest absolute Gasteiger partial charge is 0.338 e. The van der Waals surface area contributed by atoms with E-state index >= 15 is 0 Å². The minimum atomic E-state index is -0.500. The summed E-state index contributed by atoms with van der Waals surface area (Å²) in [6.07, 6.45) is 0. The molecule has 3 rings (SSSR count). The van der Waals surface area contributed by atoms with Crippen LogP contribution in [-0.2, 0) is 9.53 Å². The Hall–Kier alpha value is -3.10. The van der Waals surface area contributed by atoms with Gasteiger partial charge in [0.2, 0.25) is 0 Å². The third-order valence-electron chi connectivity index (χ3n) is 5.32. The summed E-state index contributed by atoms with van der Waals surface area (Å²) < 4.78 is 5.31. The first-order valence-electron chi connectivity index (χ1n) is 10.6. The number of hydrogen-bond acceptors (Lipinski definition) is 4. The van der Waals surface area contributed by atoms with E-state index in [0.717, 1.165) is 16.8 Å². The lowest BCUT2D eigenvalue weighted by Crippen LogP contribution is -2.47. The summed E-state index contributed by atoms with van der Waals surface area (Å²) in [6, 6.07) is 11.7. The van der Waals surface area contributed by atoms with Crippen molar-refractivity contribution in [3.8, 4) is 0 Å². The van der Waals surface area contributed by atoms with E-state index in [0.29, 0.717) is 33.6 Å². The van der Waals surface area contributed by atoms with E-state index in [1.54, 1.807) is 31.2 Å². The van der Waals surface area contributed by atoms with Crippen LogP contribution in [0.1, 0.15) is 37.9 Å². The van der Waals surface area contributed by atoms with Crippen molar-refractivity contribution in [1.29, 1.82) is 0 Å². The number of carbonyl (C=O) groups is 2. The van der Waals surface area contributed by atoms with Gasteiger partial charge in [-0.3, -0.25) is 0 Å². The molecule has 2 aromatic carbocycles. The summed E-state index contributed by atoms with van der Waals surface area (Å²) in [7, 11) is 0. The molecule has 174 valence electrons. The summed E-state index contributed by atoms with van der Waals surface area (Å²) >= 11 is 11.7. The number of esters is 1. The summed E-state index contributed by atoms with van der Waals surface area (Å²) in [4.78, 5) is 27.2. The number of ether oxygens (including phenoxy) is 1. The number of nitrogens with zero attached hydrogens (tertiary/aromatic N) is 1. The molecule has 0 bridgehead atoms. The molecular weight excluding hydrogens is 460 g/mol. The SMILES string of the molecule is CCOC(=O)C1=C(C)N(CC)C(=S)NC1c1cccc(NC(=O)Nc2ccc(C)c(Cl)c2)c1. The maximum atomic E-state index is 12.8. The minimum Gasteiger partial charge on any atom is -0.463 e. The molecule has 0 saturated heterocycles. The molecule has 1 aliphatic rings. The van der Waals surface area contributed by atoms with Crippen molar-refractivity contribution in [3.05, 3.63) is 69.9 Å². The molecule has 1 aliphatic heterocycles. The van der Waals surface area contributed by atoms with Crippen molar-refractivity contribution in [2.45, 2.75) is 33.7 Å². The summed E-state index contributed by atoms with van der Waals surface area (Å²) in [6.45, 7) is 8.37. The highest BCUT2D eigenvalue weighted by atomic mass is 35.5. The number of amides is 2. The largest absolute Gasteiger partial charge is 0.463 e. The van der Waals surface area contributed by atoms with Crippen molar-refractivity contribution in [3.63, 3.8) is 0 Å². The second kappa shape index (κ2) is 10.7. The maximum Gasteiger partial charge on any atom is 0.338 e. The van der Waals surface area contributed by atoms with Gasteiger partial charge in [-0.05, 0) is 75.3 Å². The quantitative estimate of drug-likeness (QED) is 0.375. The number of anilines is 2. The van der Waals surface area contributed by atoms with Crippen molar-refractivity contribution in [2.75, 3.05) is 23.8 Å². The van der Waals surface area contributed by atoms with Gasteiger partial charge >= 0.3 is 12.0 Å². The van der Waals surface area contributed by atoms with E-state index in [-0.39, 0.29) is 6.61 Å². The molecule has 33 heavy (non-hydrogen) atoms. The number of carbonyl (C=O) groups excluding carboxylic acids is 2. The Kier molecular flexibility index (Phi) is 7.94. The molecule has 0 spiro atoms. The van der Waals surface area contributed by atoms with Gasteiger partial charge in [0.25, 0.3) is 0 Å². The van der Waals surface area contributed by atoms with Crippen molar-refractivity contribution < 1.29 is 14.3 Å². The first-order chi connectivity index (χ1) is 15.7. The number of nitrogens with one attached hydrogen (secondary N) is 3. The molecule has 0 saturated carbocycles. The van der Waals surface area contributed by atoms with Gasteiger partial charge in [-0.2, -0.15) is 0 Å². The summed E-state index contributed by atoms with van der Waals surface area (Å²) in [5, 5.41) is 9.93. The lowest BCUT2D eigenvalue weighted by molar-refractivity contribution is -0.139. The Bertz CT molecular complexity index is 1120. The fourth-order valence-corrected chi connectivity index (χ4v) is 4.21. The predicted octanol–water partition coefficient (Wildman–Crippen LogP) is 5.38. The second-order valence-electron chi connectivity index (χ2n) is 7.51. The van der Waals surface area contributed by atoms with Crippen LogP contribution in [-0.4, -0.2) is 35.2 Å². The van der Waals surface area contributed by atoms with E-state index < -0.39 is 18.0 Å². The molecule has 9 heteroatoms. The minimum absolute atomic E-state index is 0.268. The zero-order valence-corrected chi connectivity index (χ0v) is 20.6. The lowest BCUT2D eigenvalue weighted by Gasteiger charge is -2.37. The molecule has 1 atom stereocenters. The van der Waals surface area contributed by atoms with Crippen LogP contribution in [0, 0.1) is 6.92 Å². The Labute approximate surface area is 204 Å². The van der Waals surface area contributed by atoms with Gasteiger partial charge in [-0.15, -0.1) is 0 Å². The highest BCUT2D eigenvalue weighted by Crippen LogP contribution is 2.32. The zero-order chi connectivity index (χ0) is 24.1. The van der Waals surface area contributed by atoms with E-state index in [1.165, 1.54) is 0 Å². The van der Waals surface area contributed by atoms with E-state index in [2.05, 4.69) is 16.0 Å². The number of allylic oxidation sites excluding steroid dienone is 1. The topological polar surface area (TPSA) is 82.7 Å². The monoisotopic (exact) mass is 486 g/mol. The van der Waals surface area contributed by atoms with Crippen LogP contribution in [0.5, 0.6) is 0 Å². The second-order valence-corrected chi connectivity index (χ2v) is 8.31. The van der Waals surface area contributed by atoms with Crippen LogP contribution in [0.4, 0.5) is 16.2 Å². The van der Waals surface area contributed by atoms with Gasteiger partial charge in [0.05, 0.1) is 18.2 Å². The Morgan fingerprint density at radius 1 is 1.12 bits per heavy atom. The van der Waals surface area contributed by atoms with Gasteiger partial charge in [0, 0.05) is 28.6 Å². The molecular formula is C24H27ClN4O3S. The fourth-order valence-electron chi connectivity index (χ4n) is 3.65. The van der Waals surface area contributed by atoms with Gasteiger partial charge in [-0.25, -0.2) is 9.59 Å². The average Bonchev–Trinajstić information content (AvgIpc) is 2.76. The Morgan fingerprint density at radius 3 is 2.45 bits per heavy atom. The third-order valence-corrected chi connectivity index (χ3v) is 6.06. The average molecular weight is 487 g/mol. The number of benzene rings is 2. The molecule has 2 amide bonds. The third kappa shape index (κ3) is 5.64. The zero-order valence-electron chi connectivity index (χ0n) is 19.0. The van der Waals surface area contributed by atoms with Crippen LogP contribution in [0.25, 0.3) is 0 Å². The van der Waals surface area contributed by atoms with E-state index in [1.807, 2.05) is 43.9 Å². The summed E-state index contributed by atoms with van der Waals surface area (Å²) in [5.74, 6) is -0.402. The van der Waals surface area contributed by atoms with E-state index in [9.17, 15) is 9.59 Å². The fraction of sp³-hybridized carbons (Fsp3) is 0.292. The van der Waals surface area contributed by atoms with Crippen LogP contribution < -0.4 is 16.0 Å². The van der Waals surface area contributed by atoms with Gasteiger partial charge in [0.15, 0.2) is 5.11 Å². The molecule has 3 N–H and O–H groups in total. The molecule has 0 radical (unpaired) electrons. The molecule has 1 heterocycles. The molecule has 0 fully saturated rings. The van der Waals surface area contributed by atoms with Crippen LogP contribution in [0.2, 0.25) is 5.02 Å². The van der Waals surface area contributed by atoms with Crippen molar-refractivity contribution in [2.24, 2.45) is 0 Å². The molecule has 0 aromatic heterocycles. The number of rotatable bonds is 6. The molecule has 7 nitrogen and oxygen atoms in total. The normalized spacial score (nSPS) is 15.7. The van der Waals surface area contributed by atoms with E-state index in [4.69, 9.17) is 28.6 Å². The first-order valence-corrected chi connectivity index (χ1v) is 11.4. The van der Waals surface area contributed by atoms with Crippen LogP contribution in [0.3, 0.4) is 0 Å². The number of urea groups is 1. The number of thiocarbonyl (C=S) groups is 1. The number of hydrogen-bond donors (Lipinski definition) is 3. The molecule has 1 unspecified atom stereocenters. The highest BCUT2D eigenvalue weighted by molar-refractivity contribution is 7.80. The summed E-state index contributed by atoms with van der Waals surface area (Å²) in [5.41, 5.74) is 4.08. The highest BCUT2D eigenvalue weighted by Gasteiger charge is 2.34. The standard InChI is InChI=1S/C24H27ClN4O3S/c1-5-29-15(4)20(22(30)32-6-2)21(28-24(29)33)16-8-7-9-17(12-16)26-23(31)27-18-11-10-14(3)19(25)13-18/h7-13,21H,5-6H2,1-4H3,(H,28,33)(H2,26,27,31). The van der Waals surface area contributed by atoms with Gasteiger partial charge in [-0.1, -0.05) is 29.8 Å². The van der Waals surface area contributed by atoms with Crippen LogP contribution >= 0.6 is 23.8 Å². The number of halogens is 1. The first kappa shape index (κ1) is 24.5. The van der Waals surface area contributed by atoms with Crippen molar-refractivity contribution >= 4 is 52.3 Å². The van der Waals surface area contributed by atoms with Crippen LogP contribution in [0.15, 0.2) is 53.7 Å². The molecule has 0 aliphatic carbocycles. The van der Waals surface area contributed by atoms with Crippen molar-refractivity contribution in [1.82, 2.24) is 10.2 Å². The lowest BCUT2D eigenvalue weighted by atomic mass is 9.94.